The molecule has 0 aromatic carbocycles. The molecule has 0 spiro atoms. The zero-order chi connectivity index (χ0) is 11.8. The van der Waals surface area contributed by atoms with Crippen molar-refractivity contribution in [1.82, 2.24) is 5.32 Å². The Kier molecular flexibility index (Phi) is 6.34. The number of nitrogens with one attached hydrogen (secondary N) is 1. The van der Waals surface area contributed by atoms with E-state index in [4.69, 9.17) is 27.6 Å². The van der Waals surface area contributed by atoms with Gasteiger partial charge in [0, 0.05) is 12.4 Å². The SMILES string of the molecule is O=C(NCCCCCCCl)c1ccc(Cl)o1. The maximum absolute atomic E-state index is 11.5. The highest BCUT2D eigenvalue weighted by Gasteiger charge is 2.08. The zero-order valence-electron chi connectivity index (χ0n) is 8.97. The fourth-order valence-electron chi connectivity index (χ4n) is 1.30. The first-order chi connectivity index (χ1) is 7.74. The maximum atomic E-state index is 11.5. The largest absolute Gasteiger partial charge is 0.440 e. The Balaban J connectivity index is 2.11. The molecule has 1 aromatic heterocycles. The third-order valence-corrected chi connectivity index (χ3v) is 2.61. The number of amides is 1. The van der Waals surface area contributed by atoms with Gasteiger partial charge in [-0.05, 0) is 36.6 Å². The van der Waals surface area contributed by atoms with Gasteiger partial charge >= 0.3 is 0 Å². The number of rotatable bonds is 7. The summed E-state index contributed by atoms with van der Waals surface area (Å²) in [5, 5.41) is 2.99. The lowest BCUT2D eigenvalue weighted by Crippen LogP contribution is -2.23. The van der Waals surface area contributed by atoms with Crippen LogP contribution in [0.25, 0.3) is 0 Å². The highest BCUT2D eigenvalue weighted by Crippen LogP contribution is 2.12. The van der Waals surface area contributed by atoms with E-state index in [0.717, 1.165) is 25.7 Å². The summed E-state index contributed by atoms with van der Waals surface area (Å²) in [6, 6.07) is 3.11. The quantitative estimate of drug-likeness (QED) is 0.605. The summed E-state index contributed by atoms with van der Waals surface area (Å²) < 4.78 is 4.98. The average Bonchev–Trinajstić information content (AvgIpc) is 2.70. The van der Waals surface area contributed by atoms with E-state index in [1.54, 1.807) is 12.1 Å². The van der Waals surface area contributed by atoms with Crippen molar-refractivity contribution in [1.29, 1.82) is 0 Å². The molecular formula is C11H15Cl2NO2. The first-order valence-corrected chi connectivity index (χ1v) is 6.25. The number of unbranched alkanes of at least 4 members (excludes halogenated alkanes) is 3. The Morgan fingerprint density at radius 1 is 1.25 bits per heavy atom. The summed E-state index contributed by atoms with van der Waals surface area (Å²) in [7, 11) is 0. The summed E-state index contributed by atoms with van der Waals surface area (Å²) in [5.74, 6) is 0.743. The van der Waals surface area contributed by atoms with Gasteiger partial charge in [0.1, 0.15) is 0 Å². The fraction of sp³-hybridized carbons (Fsp3) is 0.545. The van der Waals surface area contributed by atoms with Crippen LogP contribution in [-0.2, 0) is 0 Å². The van der Waals surface area contributed by atoms with Crippen LogP contribution in [0.2, 0.25) is 5.22 Å². The number of halogens is 2. The van der Waals surface area contributed by atoms with Crippen molar-refractivity contribution in [2.24, 2.45) is 0 Å². The average molecular weight is 264 g/mol. The van der Waals surface area contributed by atoms with E-state index in [1.807, 2.05) is 0 Å². The van der Waals surface area contributed by atoms with Crippen LogP contribution in [-0.4, -0.2) is 18.3 Å². The van der Waals surface area contributed by atoms with Gasteiger partial charge in [-0.3, -0.25) is 4.79 Å². The predicted octanol–water partition coefficient (Wildman–Crippen LogP) is 3.46. The van der Waals surface area contributed by atoms with Gasteiger partial charge in [-0.15, -0.1) is 11.6 Å². The summed E-state index contributed by atoms with van der Waals surface area (Å²) in [6.45, 7) is 0.652. The molecule has 0 fully saturated rings. The van der Waals surface area contributed by atoms with Gasteiger partial charge in [0.2, 0.25) is 0 Å². The molecular weight excluding hydrogens is 249 g/mol. The molecule has 0 aliphatic carbocycles. The number of carbonyl (C=O) groups is 1. The second kappa shape index (κ2) is 7.58. The minimum Gasteiger partial charge on any atom is -0.440 e. The van der Waals surface area contributed by atoms with Crippen molar-refractivity contribution >= 4 is 29.1 Å². The molecule has 1 aromatic rings. The molecule has 0 saturated heterocycles. The first kappa shape index (κ1) is 13.4. The van der Waals surface area contributed by atoms with E-state index in [-0.39, 0.29) is 16.9 Å². The second-order valence-electron chi connectivity index (χ2n) is 3.46. The Morgan fingerprint density at radius 3 is 2.62 bits per heavy atom. The molecule has 1 rings (SSSR count). The molecule has 1 heterocycles. The summed E-state index contributed by atoms with van der Waals surface area (Å²) >= 11 is 11.1. The lowest BCUT2D eigenvalue weighted by molar-refractivity contribution is 0.0925. The Bertz CT molecular complexity index is 326. The van der Waals surface area contributed by atoms with Gasteiger partial charge in [0.15, 0.2) is 11.0 Å². The van der Waals surface area contributed by atoms with Crippen LogP contribution in [0, 0.1) is 0 Å². The topological polar surface area (TPSA) is 42.2 Å². The van der Waals surface area contributed by atoms with Gasteiger partial charge < -0.3 is 9.73 Å². The summed E-state index contributed by atoms with van der Waals surface area (Å²) in [4.78, 5) is 11.5. The lowest BCUT2D eigenvalue weighted by atomic mass is 10.2. The Hall–Kier alpha value is -0.670. The maximum Gasteiger partial charge on any atom is 0.287 e. The Morgan fingerprint density at radius 2 is 2.00 bits per heavy atom. The third kappa shape index (κ3) is 4.90. The predicted molar refractivity (Wildman–Crippen MR) is 65.2 cm³/mol. The van der Waals surface area contributed by atoms with Gasteiger partial charge in [0.25, 0.3) is 5.91 Å². The first-order valence-electron chi connectivity index (χ1n) is 5.33. The Labute approximate surface area is 105 Å². The molecule has 0 unspecified atom stereocenters. The smallest absolute Gasteiger partial charge is 0.287 e. The van der Waals surface area contributed by atoms with E-state index in [1.165, 1.54) is 0 Å². The molecule has 16 heavy (non-hydrogen) atoms. The van der Waals surface area contributed by atoms with Crippen molar-refractivity contribution in [2.45, 2.75) is 25.7 Å². The van der Waals surface area contributed by atoms with E-state index < -0.39 is 0 Å². The molecule has 0 radical (unpaired) electrons. The molecule has 0 saturated carbocycles. The van der Waals surface area contributed by atoms with Gasteiger partial charge in [-0.2, -0.15) is 0 Å². The fourth-order valence-corrected chi connectivity index (χ4v) is 1.63. The minimum absolute atomic E-state index is 0.218. The van der Waals surface area contributed by atoms with Crippen LogP contribution in [0.15, 0.2) is 16.5 Å². The molecule has 0 atom stereocenters. The second-order valence-corrected chi connectivity index (χ2v) is 4.21. The van der Waals surface area contributed by atoms with Crippen LogP contribution in [0.1, 0.15) is 36.2 Å². The molecule has 5 heteroatoms. The molecule has 0 bridgehead atoms. The highest BCUT2D eigenvalue weighted by molar-refractivity contribution is 6.29. The molecule has 0 aliphatic heterocycles. The van der Waals surface area contributed by atoms with Crippen LogP contribution < -0.4 is 5.32 Å². The van der Waals surface area contributed by atoms with Crippen molar-refractivity contribution in [2.75, 3.05) is 12.4 Å². The van der Waals surface area contributed by atoms with Crippen LogP contribution in [0.4, 0.5) is 0 Å². The number of alkyl halides is 1. The van der Waals surface area contributed by atoms with E-state index in [9.17, 15) is 4.79 Å². The number of carbonyl (C=O) groups excluding carboxylic acids is 1. The zero-order valence-corrected chi connectivity index (χ0v) is 10.5. The molecule has 0 aliphatic rings. The van der Waals surface area contributed by atoms with Gasteiger partial charge in [-0.25, -0.2) is 0 Å². The summed E-state index contributed by atoms with van der Waals surface area (Å²) in [6.07, 6.45) is 4.16. The van der Waals surface area contributed by atoms with E-state index in [0.29, 0.717) is 12.4 Å². The van der Waals surface area contributed by atoms with Crippen LogP contribution in [0.3, 0.4) is 0 Å². The molecule has 3 nitrogen and oxygen atoms in total. The molecule has 1 N–H and O–H groups in total. The van der Waals surface area contributed by atoms with E-state index >= 15 is 0 Å². The number of furan rings is 1. The number of hydrogen-bond acceptors (Lipinski definition) is 2. The van der Waals surface area contributed by atoms with Crippen LogP contribution >= 0.6 is 23.2 Å². The van der Waals surface area contributed by atoms with E-state index in [2.05, 4.69) is 5.32 Å². The van der Waals surface area contributed by atoms with Crippen molar-refractivity contribution in [3.63, 3.8) is 0 Å². The monoisotopic (exact) mass is 263 g/mol. The van der Waals surface area contributed by atoms with Crippen molar-refractivity contribution in [3.05, 3.63) is 23.1 Å². The van der Waals surface area contributed by atoms with Gasteiger partial charge in [0.05, 0.1) is 0 Å². The summed E-state index contributed by atoms with van der Waals surface area (Å²) in [5.41, 5.74) is 0. The number of hydrogen-bond donors (Lipinski definition) is 1. The van der Waals surface area contributed by atoms with Crippen molar-refractivity contribution < 1.29 is 9.21 Å². The highest BCUT2D eigenvalue weighted by atomic mass is 35.5. The third-order valence-electron chi connectivity index (χ3n) is 2.14. The molecule has 1 amide bonds. The standard InChI is InChI=1S/C11H15Cl2NO2/c12-7-3-1-2-4-8-14-11(15)9-5-6-10(13)16-9/h5-6H,1-4,7-8H2,(H,14,15). The lowest BCUT2D eigenvalue weighted by Gasteiger charge is -2.02. The van der Waals surface area contributed by atoms with Crippen LogP contribution in [0.5, 0.6) is 0 Å². The minimum atomic E-state index is -0.218. The van der Waals surface area contributed by atoms with Gasteiger partial charge in [-0.1, -0.05) is 12.8 Å². The molecule has 90 valence electrons. The normalized spacial score (nSPS) is 10.4. The van der Waals surface area contributed by atoms with Crippen molar-refractivity contribution in [3.8, 4) is 0 Å².